The van der Waals surface area contributed by atoms with Crippen LogP contribution in [0.2, 0.25) is 10.0 Å². The molecule has 1 fully saturated rings. The number of ether oxygens (including phenoxy) is 1. The lowest BCUT2D eigenvalue weighted by Crippen LogP contribution is -2.41. The van der Waals surface area contributed by atoms with Gasteiger partial charge in [0, 0.05) is 46.8 Å². The molecule has 0 atom stereocenters. The molecule has 0 radical (unpaired) electrons. The highest BCUT2D eigenvalue weighted by molar-refractivity contribution is 7.93. The second-order valence-corrected chi connectivity index (χ2v) is 11.3. The highest BCUT2D eigenvalue weighted by Crippen LogP contribution is 2.39. The van der Waals surface area contributed by atoms with Crippen molar-refractivity contribution in [3.8, 4) is 22.6 Å². The van der Waals surface area contributed by atoms with Gasteiger partial charge in [0.2, 0.25) is 5.13 Å². The molecule has 1 aliphatic rings. The van der Waals surface area contributed by atoms with Crippen LogP contribution in [0.1, 0.15) is 16.8 Å². The first-order valence-corrected chi connectivity index (χ1v) is 13.9. The van der Waals surface area contributed by atoms with Crippen LogP contribution >= 0.6 is 34.7 Å². The summed E-state index contributed by atoms with van der Waals surface area (Å²) < 4.78 is 52.0. The van der Waals surface area contributed by atoms with E-state index in [9.17, 15) is 17.6 Å². The van der Waals surface area contributed by atoms with Gasteiger partial charge >= 0.3 is 0 Å². The van der Waals surface area contributed by atoms with Gasteiger partial charge in [0.25, 0.3) is 15.9 Å². The van der Waals surface area contributed by atoms with Gasteiger partial charge < -0.3 is 9.64 Å². The average molecular weight is 579 g/mol. The van der Waals surface area contributed by atoms with Crippen LogP contribution in [-0.4, -0.2) is 41.7 Å². The highest BCUT2D eigenvalue weighted by atomic mass is 35.5. The second-order valence-electron chi connectivity index (χ2n) is 8.03. The Labute approximate surface area is 225 Å². The Morgan fingerprint density at radius 1 is 1.08 bits per heavy atom. The normalized spacial score (nSPS) is 13.2. The zero-order valence-electron chi connectivity index (χ0n) is 18.8. The largest absolute Gasteiger partial charge is 0.455 e. The number of carbonyl (C=O) groups is 1. The Kier molecular flexibility index (Phi) is 7.04. The van der Waals surface area contributed by atoms with Crippen LogP contribution in [0.5, 0.6) is 11.5 Å². The number of rotatable bonds is 7. The minimum absolute atomic E-state index is 0.0172. The molecule has 0 saturated carbocycles. The van der Waals surface area contributed by atoms with Gasteiger partial charge in [0.1, 0.15) is 28.5 Å². The first kappa shape index (κ1) is 25.4. The van der Waals surface area contributed by atoms with Crippen LogP contribution in [0.4, 0.5) is 9.52 Å². The van der Waals surface area contributed by atoms with Crippen molar-refractivity contribution in [3.05, 3.63) is 82.4 Å². The van der Waals surface area contributed by atoms with Gasteiger partial charge in [-0.05, 0) is 48.4 Å². The maximum Gasteiger partial charge on any atom is 0.266 e. The van der Waals surface area contributed by atoms with Gasteiger partial charge in [-0.15, -0.1) is 0 Å². The summed E-state index contributed by atoms with van der Waals surface area (Å²) in [4.78, 5) is 17.5. The van der Waals surface area contributed by atoms with Crippen molar-refractivity contribution < 1.29 is 22.3 Å². The number of hydrogen-bond donors (Lipinski definition) is 1. The first-order valence-electron chi connectivity index (χ1n) is 10.9. The van der Waals surface area contributed by atoms with Gasteiger partial charge in [-0.2, -0.15) is 4.37 Å². The minimum Gasteiger partial charge on any atom is -0.455 e. The predicted octanol–water partition coefficient (Wildman–Crippen LogP) is 6.09. The zero-order valence-corrected chi connectivity index (χ0v) is 22.0. The predicted molar refractivity (Wildman–Crippen MR) is 140 cm³/mol. The lowest BCUT2D eigenvalue weighted by atomic mass is 10.0. The number of hydrogen-bond acceptors (Lipinski definition) is 7. The summed E-state index contributed by atoms with van der Waals surface area (Å²) in [6, 6.07) is 13.7. The van der Waals surface area contributed by atoms with Crippen molar-refractivity contribution >= 4 is 55.8 Å². The molecule has 0 aliphatic carbocycles. The van der Waals surface area contributed by atoms with Crippen LogP contribution in [0.15, 0.2) is 65.8 Å². The molecule has 2 heterocycles. The molecule has 13 heteroatoms. The molecule has 1 aromatic heterocycles. The molecule has 5 rings (SSSR count). The third kappa shape index (κ3) is 5.40. The van der Waals surface area contributed by atoms with E-state index in [1.165, 1.54) is 6.33 Å². The topological polar surface area (TPSA) is 101 Å². The highest BCUT2D eigenvalue weighted by Gasteiger charge is 2.25. The van der Waals surface area contributed by atoms with Gasteiger partial charge in [0.05, 0.1) is 5.02 Å². The third-order valence-electron chi connectivity index (χ3n) is 5.58. The molecule has 37 heavy (non-hydrogen) atoms. The van der Waals surface area contributed by atoms with E-state index in [0.717, 1.165) is 43.2 Å². The van der Waals surface area contributed by atoms with E-state index in [0.29, 0.717) is 21.7 Å². The Morgan fingerprint density at radius 3 is 2.59 bits per heavy atom. The Hall–Kier alpha value is -3.25. The number of benzene rings is 3. The monoisotopic (exact) mass is 578 g/mol. The number of aromatic nitrogens is 2. The van der Waals surface area contributed by atoms with Gasteiger partial charge in [-0.1, -0.05) is 35.3 Å². The fourth-order valence-corrected chi connectivity index (χ4v) is 5.83. The SMILES string of the molecule is O=C(c1cccc(-c2cc(Cl)ccc2Oc2cc(F)c(S(=O)(=O)Nc3ncns3)cc2Cl)c1)N1CCC1. The average Bonchev–Trinajstić information content (AvgIpc) is 3.33. The van der Waals surface area contributed by atoms with E-state index in [1.54, 1.807) is 47.4 Å². The summed E-state index contributed by atoms with van der Waals surface area (Å²) in [5, 5.41) is 0.265. The maximum atomic E-state index is 14.9. The molecule has 1 aliphatic heterocycles. The van der Waals surface area contributed by atoms with E-state index in [-0.39, 0.29) is 27.6 Å². The fraction of sp³-hybridized carbons (Fsp3) is 0.125. The maximum absolute atomic E-state index is 14.9. The molecule has 8 nitrogen and oxygen atoms in total. The standard InChI is InChI=1S/C24H17Cl2FN4O4S2/c25-16-5-6-20(17(10-16)14-3-1-4-15(9-14)23(32)31-7-2-8-31)35-21-12-19(27)22(11-18(21)26)37(33,34)30-24-28-13-29-36-24/h1,3-6,9-13H,2,7-8H2,(H,28,29,30). The number of nitrogens with one attached hydrogen (secondary N) is 1. The van der Waals surface area contributed by atoms with E-state index in [1.807, 2.05) is 0 Å². The smallest absolute Gasteiger partial charge is 0.266 e. The molecular formula is C24H17Cl2FN4O4S2. The summed E-state index contributed by atoms with van der Waals surface area (Å²) in [5.41, 5.74) is 1.71. The number of nitrogens with zero attached hydrogens (tertiary/aromatic N) is 3. The molecule has 190 valence electrons. The summed E-state index contributed by atoms with van der Waals surface area (Å²) in [6.07, 6.45) is 2.15. The fourth-order valence-electron chi connectivity index (χ4n) is 3.64. The van der Waals surface area contributed by atoms with E-state index in [4.69, 9.17) is 27.9 Å². The van der Waals surface area contributed by atoms with E-state index in [2.05, 4.69) is 14.1 Å². The van der Waals surface area contributed by atoms with Gasteiger partial charge in [0.15, 0.2) is 0 Å². The van der Waals surface area contributed by atoms with Crippen molar-refractivity contribution in [1.29, 1.82) is 0 Å². The van der Waals surface area contributed by atoms with Crippen LogP contribution in [0.3, 0.4) is 0 Å². The molecule has 0 unspecified atom stereocenters. The van der Waals surface area contributed by atoms with E-state index >= 15 is 0 Å². The van der Waals surface area contributed by atoms with Crippen LogP contribution in [0, 0.1) is 5.82 Å². The third-order valence-corrected chi connectivity index (χ3v) is 8.18. The second kappa shape index (κ2) is 10.3. The number of amides is 1. The quantitative estimate of drug-likeness (QED) is 0.285. The lowest BCUT2D eigenvalue weighted by molar-refractivity contribution is 0.0652. The van der Waals surface area contributed by atoms with Crippen molar-refractivity contribution in [2.75, 3.05) is 17.8 Å². The number of anilines is 1. The summed E-state index contributed by atoms with van der Waals surface area (Å²) in [6.45, 7) is 1.45. The van der Waals surface area contributed by atoms with Crippen molar-refractivity contribution in [2.24, 2.45) is 0 Å². The molecule has 1 amide bonds. The van der Waals surface area contributed by atoms with Crippen LogP contribution in [-0.2, 0) is 10.0 Å². The summed E-state index contributed by atoms with van der Waals surface area (Å²) in [7, 11) is -4.31. The van der Waals surface area contributed by atoms with Crippen LogP contribution in [0.25, 0.3) is 11.1 Å². The van der Waals surface area contributed by atoms with Crippen molar-refractivity contribution in [2.45, 2.75) is 11.3 Å². The molecular weight excluding hydrogens is 562 g/mol. The molecule has 1 saturated heterocycles. The number of carbonyl (C=O) groups excluding carboxylic acids is 1. The van der Waals surface area contributed by atoms with E-state index < -0.39 is 20.7 Å². The Morgan fingerprint density at radius 2 is 1.89 bits per heavy atom. The number of likely N-dealkylation sites (tertiary alicyclic amines) is 1. The van der Waals surface area contributed by atoms with Gasteiger partial charge in [-0.3, -0.25) is 9.52 Å². The van der Waals surface area contributed by atoms with Crippen LogP contribution < -0.4 is 9.46 Å². The Bertz CT molecular complexity index is 1600. The molecule has 0 bridgehead atoms. The minimum atomic E-state index is -4.31. The summed E-state index contributed by atoms with van der Waals surface area (Å²) >= 11 is 13.4. The van der Waals surface area contributed by atoms with Gasteiger partial charge in [-0.25, -0.2) is 17.8 Å². The summed E-state index contributed by atoms with van der Waals surface area (Å²) in [5.74, 6) is -0.969. The number of halogens is 3. The number of sulfonamides is 1. The molecule has 0 spiro atoms. The lowest BCUT2D eigenvalue weighted by Gasteiger charge is -2.31. The molecule has 1 N–H and O–H groups in total. The molecule has 4 aromatic rings. The van der Waals surface area contributed by atoms with Crippen molar-refractivity contribution in [1.82, 2.24) is 14.3 Å². The van der Waals surface area contributed by atoms with Crippen molar-refractivity contribution in [3.63, 3.8) is 0 Å². The molecule has 3 aromatic carbocycles. The zero-order chi connectivity index (χ0) is 26.2. The first-order chi connectivity index (χ1) is 17.7. The Balaban J connectivity index is 1.47.